The largest absolute Gasteiger partial charge is 0.370 e. The first-order valence-corrected chi connectivity index (χ1v) is 21.3. The number of rotatable bonds is 32. The first-order chi connectivity index (χ1) is 30.3. The van der Waals surface area contributed by atoms with E-state index in [1.54, 1.807) is 27.7 Å². The zero-order valence-corrected chi connectivity index (χ0v) is 37.3. The van der Waals surface area contributed by atoms with Crippen molar-refractivity contribution in [3.8, 4) is 0 Å². The van der Waals surface area contributed by atoms with Gasteiger partial charge in [-0.25, -0.2) is 15.8 Å². The second kappa shape index (κ2) is 28.0. The number of benzene rings is 1. The van der Waals surface area contributed by atoms with E-state index in [1.807, 2.05) is 30.3 Å². The van der Waals surface area contributed by atoms with Gasteiger partial charge in [0.1, 0.15) is 30.5 Å². The zero-order valence-electron chi connectivity index (χ0n) is 36.4. The van der Waals surface area contributed by atoms with Gasteiger partial charge in [0.15, 0.2) is 5.78 Å². The number of amides is 6. The van der Waals surface area contributed by atoms with Gasteiger partial charge >= 0.3 is 0 Å². The van der Waals surface area contributed by atoms with Crippen LogP contribution in [0.25, 0.3) is 0 Å². The molecule has 2 rings (SSSR count). The molecule has 0 saturated heterocycles. The van der Waals surface area contributed by atoms with Gasteiger partial charge in [-0.2, -0.15) is 12.6 Å². The summed E-state index contributed by atoms with van der Waals surface area (Å²) in [5.74, 6) is -8.55. The van der Waals surface area contributed by atoms with Crippen LogP contribution in [-0.4, -0.2) is 130 Å². The third-order valence-corrected chi connectivity index (χ3v) is 10.0. The standard InChI is InChI=1S/C41H62N12O10S/c1-22(2)12-29(37(59)38(60)31(20-64)48-35(58)16-42)46-18-32(55)28(14-25-17-45-21-47-25)50-39(61)27(10-11-33(43)56)49-40(62)30(15-34(44)57)51-41(63)36(23(3)4)53-52-26(19-54)13-24-8-6-5-7-9-24/h5-9,17,19,21-23,26-31,36,46,52-53,64H,10-16,18,20,42H2,1-4H3,(H2,43,56)(H2,44,57)(H,45,47)(H,48,58)(H,49,62)(H,50,61)(H,51,63)/t26-,27-,28-,29-,30-,31-,36-/m0/s1. The number of nitrogens with zero attached hydrogens (tertiary/aromatic N) is 1. The molecule has 1 heterocycles. The van der Waals surface area contributed by atoms with Crippen molar-refractivity contribution >= 4 is 71.7 Å². The molecule has 0 aliphatic heterocycles. The molecule has 0 aliphatic carbocycles. The Bertz CT molecular complexity index is 1900. The van der Waals surface area contributed by atoms with Gasteiger partial charge in [0.05, 0.1) is 44.0 Å². The number of hydrogen-bond acceptors (Lipinski definition) is 16. The number of hydrazine groups is 1. The molecule has 7 atom stereocenters. The van der Waals surface area contributed by atoms with Gasteiger partial charge in [-0.3, -0.25) is 43.2 Å². The van der Waals surface area contributed by atoms with Gasteiger partial charge < -0.3 is 53.6 Å². The topological polar surface area (TPSA) is 362 Å². The molecule has 0 fully saturated rings. The second-order valence-electron chi connectivity index (χ2n) is 15.8. The maximum atomic E-state index is 14.0. The van der Waals surface area contributed by atoms with E-state index in [0.29, 0.717) is 18.4 Å². The molecular weight excluding hydrogens is 853 g/mol. The number of aldehydes is 1. The van der Waals surface area contributed by atoms with Crippen LogP contribution in [0, 0.1) is 11.8 Å². The van der Waals surface area contributed by atoms with E-state index in [4.69, 9.17) is 17.2 Å². The number of carbonyl (C=O) groups excluding carboxylic acids is 10. The number of nitrogens with two attached hydrogens (primary N) is 3. The summed E-state index contributed by atoms with van der Waals surface area (Å²) in [6.45, 7) is 6.00. The van der Waals surface area contributed by atoms with Crippen molar-refractivity contribution < 1.29 is 47.9 Å². The van der Waals surface area contributed by atoms with Gasteiger partial charge in [-0.05, 0) is 36.7 Å². The van der Waals surface area contributed by atoms with E-state index in [-0.39, 0.29) is 30.9 Å². The summed E-state index contributed by atoms with van der Waals surface area (Å²) in [6, 6.07) is 0.345. The lowest BCUT2D eigenvalue weighted by Gasteiger charge is -2.28. The van der Waals surface area contributed by atoms with Crippen molar-refractivity contribution in [1.82, 2.24) is 47.4 Å². The van der Waals surface area contributed by atoms with Gasteiger partial charge in [0.25, 0.3) is 0 Å². The highest BCUT2D eigenvalue weighted by molar-refractivity contribution is 7.80. The fourth-order valence-corrected chi connectivity index (χ4v) is 6.52. The molecule has 0 saturated carbocycles. The molecule has 23 heteroatoms. The molecule has 64 heavy (non-hydrogen) atoms. The molecule has 352 valence electrons. The smallest absolute Gasteiger partial charge is 0.243 e. The van der Waals surface area contributed by atoms with Crippen LogP contribution in [0.5, 0.6) is 0 Å². The predicted molar refractivity (Wildman–Crippen MR) is 236 cm³/mol. The summed E-state index contributed by atoms with van der Waals surface area (Å²) < 4.78 is 0. The minimum Gasteiger partial charge on any atom is -0.370 e. The van der Waals surface area contributed by atoms with Crippen molar-refractivity contribution in [3.63, 3.8) is 0 Å². The van der Waals surface area contributed by atoms with Crippen LogP contribution in [-0.2, 0) is 60.8 Å². The van der Waals surface area contributed by atoms with Gasteiger partial charge in [-0.1, -0.05) is 58.0 Å². The third kappa shape index (κ3) is 19.2. The van der Waals surface area contributed by atoms with E-state index < -0.39 is 127 Å². The SMILES string of the molecule is CC(C)C[C@H](NCC(=O)[C@H](Cc1cnc[nH]1)NC(=O)[C@H](CCC(N)=O)NC(=O)[C@H](CC(N)=O)NC(=O)[C@@H](NN[C@H](C=O)Cc1ccccc1)C(C)C)C(=O)C(=O)[C@H](CS)NC(=O)CN. The van der Waals surface area contributed by atoms with Crippen molar-refractivity contribution in [2.75, 3.05) is 18.8 Å². The molecule has 0 unspecified atom stereocenters. The van der Waals surface area contributed by atoms with E-state index >= 15 is 0 Å². The normalized spacial score (nSPS) is 14.5. The summed E-state index contributed by atoms with van der Waals surface area (Å²) in [6.07, 6.45) is 2.16. The Labute approximate surface area is 376 Å². The minimum absolute atomic E-state index is 0.113. The van der Waals surface area contributed by atoms with Gasteiger partial charge in [0, 0.05) is 30.5 Å². The molecule has 1 aromatic heterocycles. The molecule has 0 radical (unpaired) electrons. The highest BCUT2D eigenvalue weighted by atomic mass is 32.1. The number of primary amides is 2. The van der Waals surface area contributed by atoms with E-state index in [2.05, 4.69) is 60.0 Å². The maximum absolute atomic E-state index is 14.0. The molecule has 0 aliphatic rings. The van der Waals surface area contributed by atoms with Crippen LogP contribution in [0.15, 0.2) is 42.9 Å². The molecule has 1 aromatic carbocycles. The highest BCUT2D eigenvalue weighted by Crippen LogP contribution is 2.11. The van der Waals surface area contributed by atoms with Gasteiger partial charge in [-0.15, -0.1) is 0 Å². The molecule has 0 bridgehead atoms. The number of hydrogen-bond donors (Lipinski definition) is 12. The van der Waals surface area contributed by atoms with Crippen molar-refractivity contribution in [2.45, 2.75) is 109 Å². The average molecular weight is 915 g/mol. The van der Waals surface area contributed by atoms with Gasteiger partial charge in [0.2, 0.25) is 47.0 Å². The minimum atomic E-state index is -1.63. The van der Waals surface area contributed by atoms with Crippen LogP contribution in [0.3, 0.4) is 0 Å². The van der Waals surface area contributed by atoms with Crippen LogP contribution in [0.1, 0.15) is 64.6 Å². The Morgan fingerprint density at radius 2 is 1.39 bits per heavy atom. The van der Waals surface area contributed by atoms with Crippen LogP contribution < -0.4 is 54.6 Å². The van der Waals surface area contributed by atoms with Crippen LogP contribution >= 0.6 is 12.6 Å². The van der Waals surface area contributed by atoms with Crippen molar-refractivity contribution in [3.05, 3.63) is 54.1 Å². The number of carbonyl (C=O) groups is 10. The molecule has 6 amide bonds. The number of ketones is 3. The lowest BCUT2D eigenvalue weighted by molar-refractivity contribution is -0.140. The number of thiol groups is 1. The number of nitrogens with one attached hydrogen (secondary N) is 8. The average Bonchev–Trinajstić information content (AvgIpc) is 3.77. The van der Waals surface area contributed by atoms with E-state index in [1.165, 1.54) is 12.5 Å². The fraction of sp³-hybridized carbons (Fsp3) is 0.537. The number of Topliss-reactive ketones (excluding diaryl/α,β-unsaturated/α-hetero) is 3. The molecule has 22 nitrogen and oxygen atoms in total. The molecule has 2 aromatic rings. The monoisotopic (exact) mass is 914 g/mol. The van der Waals surface area contributed by atoms with Crippen molar-refractivity contribution in [1.29, 1.82) is 0 Å². The number of imidazole rings is 1. The number of H-pyrrole nitrogens is 1. The summed E-state index contributed by atoms with van der Waals surface area (Å²) in [5, 5.41) is 12.6. The summed E-state index contributed by atoms with van der Waals surface area (Å²) in [5.41, 5.74) is 23.1. The first-order valence-electron chi connectivity index (χ1n) is 20.7. The molecular formula is C41H62N12O10S. The van der Waals surface area contributed by atoms with Crippen LogP contribution in [0.2, 0.25) is 0 Å². The van der Waals surface area contributed by atoms with Crippen LogP contribution in [0.4, 0.5) is 0 Å². The number of aromatic amines is 1. The Morgan fingerprint density at radius 3 is 1.94 bits per heavy atom. The van der Waals surface area contributed by atoms with E-state index in [0.717, 1.165) is 5.56 Å². The Morgan fingerprint density at radius 1 is 0.766 bits per heavy atom. The summed E-state index contributed by atoms with van der Waals surface area (Å²) in [7, 11) is 0. The Balaban J connectivity index is 2.32. The first kappa shape index (κ1) is 54.3. The fourth-order valence-electron chi connectivity index (χ4n) is 6.26. The Kier molecular flexibility index (Phi) is 23.8. The van der Waals surface area contributed by atoms with E-state index in [9.17, 15) is 47.9 Å². The third-order valence-electron chi connectivity index (χ3n) is 9.68. The number of aromatic nitrogens is 2. The quantitative estimate of drug-likeness (QED) is 0.0147. The summed E-state index contributed by atoms with van der Waals surface area (Å²) >= 11 is 4.08. The lowest BCUT2D eigenvalue weighted by Crippen LogP contribution is -2.61. The molecule has 0 spiro atoms. The second-order valence-corrected chi connectivity index (χ2v) is 16.2. The molecule has 14 N–H and O–H groups in total. The predicted octanol–water partition coefficient (Wildman–Crippen LogP) is -3.44. The highest BCUT2D eigenvalue weighted by Gasteiger charge is 2.35. The summed E-state index contributed by atoms with van der Waals surface area (Å²) in [4.78, 5) is 136. The zero-order chi connectivity index (χ0) is 47.9. The lowest BCUT2D eigenvalue weighted by atomic mass is 9.95. The maximum Gasteiger partial charge on any atom is 0.243 e. The Hall–Kier alpha value is -5.88. The van der Waals surface area contributed by atoms with Crippen molar-refractivity contribution in [2.24, 2.45) is 29.0 Å².